The van der Waals surface area contributed by atoms with E-state index >= 15 is 4.39 Å². The molecule has 44 heavy (non-hydrogen) atoms. The average molecular weight is 748 g/mol. The van der Waals surface area contributed by atoms with Crippen LogP contribution < -0.4 is 16.0 Å². The number of hydrogen-bond acceptors (Lipinski definition) is 3. The van der Waals surface area contributed by atoms with Crippen LogP contribution in [0.2, 0.25) is 5.02 Å². The molecule has 2 aliphatic rings. The fourth-order valence-corrected chi connectivity index (χ4v) is 5.61. The minimum Gasteiger partial charge on any atom is -0.342 e. The molecule has 1 fully saturated rings. The first-order valence-electron chi connectivity index (χ1n) is 12.6. The minimum atomic E-state index is -4.99. The van der Waals surface area contributed by atoms with Crippen molar-refractivity contribution in [3.05, 3.63) is 87.6 Å². The largest absolute Gasteiger partial charge is 0.419 e. The van der Waals surface area contributed by atoms with Crippen molar-refractivity contribution in [3.63, 3.8) is 0 Å². The van der Waals surface area contributed by atoms with Crippen LogP contribution in [-0.2, 0) is 15.8 Å². The fraction of sp³-hybridized carbons (Fsp3) is 0.321. The summed E-state index contributed by atoms with van der Waals surface area (Å²) in [7, 11) is 0. The monoisotopic (exact) mass is 745 g/mol. The Balaban J connectivity index is 1.49. The number of alkyl halides is 7. The standard InChI is InChI=1S/C28H21BrCl3F6N3O3/c1-26(2,29)25(44)41-22-17(34)7-8-18(21(22)35)40-23(42)13-10-12(4-5-15(13)30)39-24(43)20-19(27(20,31)32)11-3-6-16(33)14(9-11)28(36,37)38/h3-10,19-22H,1-2H3,(H,39,43)(H,40,42)(H,41,44)/t19-,20+,21?,22?/m0/s1. The Labute approximate surface area is 270 Å². The van der Waals surface area contributed by atoms with Crippen molar-refractivity contribution < 1.29 is 40.7 Å². The normalized spacial score (nSPS) is 22.8. The molecular weight excluding hydrogens is 727 g/mol. The number of rotatable bonds is 7. The van der Waals surface area contributed by atoms with Gasteiger partial charge in [0.25, 0.3) is 5.91 Å². The van der Waals surface area contributed by atoms with Crippen LogP contribution in [-0.4, -0.2) is 38.6 Å². The molecule has 4 rings (SSSR count). The maximum Gasteiger partial charge on any atom is 0.419 e. The second-order valence-corrected chi connectivity index (χ2v) is 14.3. The lowest BCUT2D eigenvalue weighted by Gasteiger charge is -2.28. The Hall–Kier alpha value is -2.74. The summed E-state index contributed by atoms with van der Waals surface area (Å²) in [5, 5.41) is 6.85. The third kappa shape index (κ3) is 7.05. The lowest BCUT2D eigenvalue weighted by atomic mass is 10.0. The van der Waals surface area contributed by atoms with Crippen LogP contribution >= 0.6 is 50.7 Å². The molecule has 2 aromatic rings. The van der Waals surface area contributed by atoms with Crippen molar-refractivity contribution in [2.75, 3.05) is 5.32 Å². The van der Waals surface area contributed by atoms with E-state index in [4.69, 9.17) is 34.8 Å². The first kappa shape index (κ1) is 34.1. The van der Waals surface area contributed by atoms with Crippen molar-refractivity contribution in [1.29, 1.82) is 0 Å². The Morgan fingerprint density at radius 3 is 2.25 bits per heavy atom. The van der Waals surface area contributed by atoms with Gasteiger partial charge in [0.1, 0.15) is 22.0 Å². The smallest absolute Gasteiger partial charge is 0.342 e. The molecule has 236 valence electrons. The van der Waals surface area contributed by atoms with Crippen molar-refractivity contribution >= 4 is 74.1 Å². The van der Waals surface area contributed by atoms with Crippen molar-refractivity contribution in [1.82, 2.24) is 10.6 Å². The van der Waals surface area contributed by atoms with Crippen LogP contribution in [0, 0.1) is 11.7 Å². The van der Waals surface area contributed by atoms with E-state index in [9.17, 15) is 36.3 Å². The van der Waals surface area contributed by atoms with Crippen molar-refractivity contribution in [2.45, 2.75) is 46.8 Å². The number of nitrogens with one attached hydrogen (secondary N) is 3. The molecule has 0 aromatic heterocycles. The second kappa shape index (κ2) is 12.2. The fourth-order valence-electron chi connectivity index (χ4n) is 4.47. The van der Waals surface area contributed by atoms with Crippen LogP contribution in [0.15, 0.2) is 60.1 Å². The van der Waals surface area contributed by atoms with Gasteiger partial charge in [-0.25, -0.2) is 13.2 Å². The summed E-state index contributed by atoms with van der Waals surface area (Å²) < 4.78 is 79.9. The highest BCUT2D eigenvalue weighted by atomic mass is 79.9. The SMILES string of the molecule is CC(C)(Br)C(=O)NC1C(F)=CC=C(NC(=O)c2cc(NC(=O)[C@H]3[C@H](c4ccc(F)c(C(F)(F)F)c4)C3(Cl)Cl)ccc2Cl)C1F. The lowest BCUT2D eigenvalue weighted by molar-refractivity contribution is -0.140. The number of carbonyl (C=O) groups is 3. The summed E-state index contributed by atoms with van der Waals surface area (Å²) in [4.78, 5) is 38.3. The first-order chi connectivity index (χ1) is 20.2. The van der Waals surface area contributed by atoms with E-state index < -0.39 is 73.8 Å². The number of amides is 3. The molecule has 2 aliphatic carbocycles. The number of benzene rings is 2. The highest BCUT2D eigenvalue weighted by Crippen LogP contribution is 2.65. The van der Waals surface area contributed by atoms with Gasteiger partial charge in [-0.1, -0.05) is 33.6 Å². The molecule has 6 nitrogen and oxygen atoms in total. The quantitative estimate of drug-likeness (QED) is 0.203. The maximum atomic E-state index is 15.2. The first-order valence-corrected chi connectivity index (χ1v) is 14.5. The van der Waals surface area contributed by atoms with Gasteiger partial charge < -0.3 is 16.0 Å². The van der Waals surface area contributed by atoms with Gasteiger partial charge in [0, 0.05) is 11.6 Å². The zero-order valence-corrected chi connectivity index (χ0v) is 26.3. The molecular formula is C28H21BrCl3F6N3O3. The highest BCUT2D eigenvalue weighted by molar-refractivity contribution is 9.10. The molecule has 0 bridgehead atoms. The summed E-state index contributed by atoms with van der Waals surface area (Å²) in [6, 6.07) is 4.15. The molecule has 4 atom stereocenters. The van der Waals surface area contributed by atoms with Gasteiger partial charge in [0.15, 0.2) is 6.17 Å². The van der Waals surface area contributed by atoms with E-state index in [-0.39, 0.29) is 27.5 Å². The third-order valence-electron chi connectivity index (χ3n) is 6.86. The Morgan fingerprint density at radius 2 is 1.64 bits per heavy atom. The topological polar surface area (TPSA) is 87.3 Å². The molecule has 3 amide bonds. The zero-order valence-electron chi connectivity index (χ0n) is 22.4. The molecule has 0 spiro atoms. The lowest BCUT2D eigenvalue weighted by Crippen LogP contribution is -2.50. The number of allylic oxidation sites excluding steroid dienone is 2. The molecule has 0 aliphatic heterocycles. The highest BCUT2D eigenvalue weighted by Gasteiger charge is 2.67. The molecule has 16 heteroatoms. The Kier molecular flexibility index (Phi) is 9.48. The second-order valence-electron chi connectivity index (χ2n) is 10.5. The molecule has 0 heterocycles. The van der Waals surface area contributed by atoms with Crippen LogP contribution in [0.1, 0.15) is 41.3 Å². The molecule has 0 radical (unpaired) electrons. The zero-order chi connectivity index (χ0) is 32.9. The van der Waals surface area contributed by atoms with Gasteiger partial charge in [-0.05, 0) is 61.9 Å². The maximum absolute atomic E-state index is 15.2. The van der Waals surface area contributed by atoms with E-state index in [1.54, 1.807) is 0 Å². The van der Waals surface area contributed by atoms with E-state index in [0.29, 0.717) is 12.1 Å². The number of halogens is 10. The predicted octanol–water partition coefficient (Wildman–Crippen LogP) is 7.50. The van der Waals surface area contributed by atoms with E-state index in [1.165, 1.54) is 26.0 Å². The van der Waals surface area contributed by atoms with Gasteiger partial charge in [0.05, 0.1) is 32.1 Å². The van der Waals surface area contributed by atoms with Gasteiger partial charge in [0.2, 0.25) is 11.8 Å². The van der Waals surface area contributed by atoms with Crippen molar-refractivity contribution in [3.8, 4) is 0 Å². The van der Waals surface area contributed by atoms with Gasteiger partial charge in [-0.2, -0.15) is 13.2 Å². The predicted molar refractivity (Wildman–Crippen MR) is 157 cm³/mol. The molecule has 2 unspecified atom stereocenters. The van der Waals surface area contributed by atoms with Crippen molar-refractivity contribution in [2.24, 2.45) is 5.92 Å². The van der Waals surface area contributed by atoms with Crippen LogP contribution in [0.4, 0.5) is 32.0 Å². The summed E-state index contributed by atoms with van der Waals surface area (Å²) in [5.41, 5.74) is -2.27. The van der Waals surface area contributed by atoms with Crippen LogP contribution in [0.5, 0.6) is 0 Å². The summed E-state index contributed by atoms with van der Waals surface area (Å²) >= 11 is 21.7. The molecule has 0 saturated heterocycles. The van der Waals surface area contributed by atoms with E-state index in [1.807, 2.05) is 0 Å². The summed E-state index contributed by atoms with van der Waals surface area (Å²) in [5.74, 6) is -7.31. The molecule has 1 saturated carbocycles. The molecule has 2 aromatic carbocycles. The number of anilines is 1. The summed E-state index contributed by atoms with van der Waals surface area (Å²) in [6.07, 6.45) is -5.31. The van der Waals surface area contributed by atoms with E-state index in [2.05, 4.69) is 31.9 Å². The number of carbonyl (C=O) groups excluding carboxylic acids is 3. The minimum absolute atomic E-state index is 0.000486. The van der Waals surface area contributed by atoms with Crippen LogP contribution in [0.3, 0.4) is 0 Å². The average Bonchev–Trinajstić information content (AvgIpc) is 3.49. The van der Waals surface area contributed by atoms with Gasteiger partial charge in [-0.15, -0.1) is 23.2 Å². The molecule has 3 N–H and O–H groups in total. The van der Waals surface area contributed by atoms with E-state index in [0.717, 1.165) is 24.3 Å². The Morgan fingerprint density at radius 1 is 0.977 bits per heavy atom. The number of hydrogen-bond donors (Lipinski definition) is 3. The van der Waals surface area contributed by atoms with Gasteiger partial charge >= 0.3 is 6.18 Å². The Bertz CT molecular complexity index is 1590. The van der Waals surface area contributed by atoms with Crippen LogP contribution in [0.25, 0.3) is 0 Å². The van der Waals surface area contributed by atoms with Gasteiger partial charge in [-0.3, -0.25) is 14.4 Å². The third-order valence-corrected chi connectivity index (χ3v) is 8.49. The summed E-state index contributed by atoms with van der Waals surface area (Å²) in [6.45, 7) is 2.95.